The molecule has 134 valence electrons. The van der Waals surface area contributed by atoms with E-state index in [0.29, 0.717) is 11.4 Å². The highest BCUT2D eigenvalue weighted by Gasteiger charge is 2.35. The second-order valence-corrected chi connectivity index (χ2v) is 5.85. The van der Waals surface area contributed by atoms with E-state index in [4.69, 9.17) is 16.3 Å². The summed E-state index contributed by atoms with van der Waals surface area (Å²) in [7, 11) is 0. The molecule has 1 N–H and O–H groups in total. The first-order chi connectivity index (χ1) is 11.8. The topological polar surface area (TPSA) is 38.3 Å². The van der Waals surface area contributed by atoms with Gasteiger partial charge in [-0.3, -0.25) is 4.79 Å². The number of ether oxygens (including phenoxy) is 1. The van der Waals surface area contributed by atoms with Crippen LogP contribution >= 0.6 is 11.6 Å². The molecule has 0 heterocycles. The van der Waals surface area contributed by atoms with Gasteiger partial charge in [-0.05, 0) is 48.9 Å². The van der Waals surface area contributed by atoms with Gasteiger partial charge in [0.05, 0.1) is 0 Å². The predicted molar refractivity (Wildman–Crippen MR) is 91.1 cm³/mol. The molecule has 0 atom stereocenters. The molecule has 2 aromatic carbocycles. The van der Waals surface area contributed by atoms with Gasteiger partial charge < -0.3 is 10.1 Å². The van der Waals surface area contributed by atoms with Crippen LogP contribution in [0.2, 0.25) is 5.02 Å². The first-order valence-electron chi connectivity index (χ1n) is 7.74. The van der Waals surface area contributed by atoms with Crippen LogP contribution < -0.4 is 10.1 Å². The van der Waals surface area contributed by atoms with Crippen LogP contribution in [0.3, 0.4) is 0 Å². The van der Waals surface area contributed by atoms with E-state index < -0.39 is 11.7 Å². The van der Waals surface area contributed by atoms with Crippen LogP contribution in [-0.2, 0) is 11.0 Å². The lowest BCUT2D eigenvalue weighted by Gasteiger charge is -2.15. The fraction of sp³-hybridized carbons (Fsp3) is 0.278. The van der Waals surface area contributed by atoms with Gasteiger partial charge in [-0.25, -0.2) is 0 Å². The van der Waals surface area contributed by atoms with Crippen LogP contribution in [-0.4, -0.2) is 5.91 Å². The van der Waals surface area contributed by atoms with Crippen molar-refractivity contribution >= 4 is 23.2 Å². The molecule has 1 amide bonds. The third-order valence-corrected chi connectivity index (χ3v) is 3.62. The maximum Gasteiger partial charge on any atom is 0.420 e. The fourth-order valence-corrected chi connectivity index (χ4v) is 2.23. The Morgan fingerprint density at radius 2 is 1.84 bits per heavy atom. The Morgan fingerprint density at radius 1 is 1.16 bits per heavy atom. The molecule has 2 aromatic rings. The minimum absolute atomic E-state index is 0.0804. The summed E-state index contributed by atoms with van der Waals surface area (Å²) >= 11 is 5.75. The average Bonchev–Trinajstić information content (AvgIpc) is 2.55. The van der Waals surface area contributed by atoms with Crippen molar-refractivity contribution in [3.8, 4) is 11.5 Å². The molecule has 0 fully saturated rings. The normalized spacial score (nSPS) is 11.2. The van der Waals surface area contributed by atoms with Crippen molar-refractivity contribution in [2.45, 2.75) is 32.4 Å². The SMILES string of the molecule is CCCCC(=O)Nc1ccc(Oc2ccc(Cl)cc2)c(C(F)(F)F)c1. The second kappa shape index (κ2) is 8.25. The molecule has 2 rings (SSSR count). The Hall–Kier alpha value is -2.21. The number of halogens is 4. The quantitative estimate of drug-likeness (QED) is 0.649. The molecule has 0 spiro atoms. The number of hydrogen-bond acceptors (Lipinski definition) is 2. The monoisotopic (exact) mass is 371 g/mol. The van der Waals surface area contributed by atoms with Crippen LogP contribution in [0.4, 0.5) is 18.9 Å². The molecule has 0 bridgehead atoms. The molecule has 3 nitrogen and oxygen atoms in total. The predicted octanol–water partition coefficient (Wildman–Crippen LogP) is 6.28. The molecule has 0 unspecified atom stereocenters. The van der Waals surface area contributed by atoms with Gasteiger partial charge in [-0.15, -0.1) is 0 Å². The summed E-state index contributed by atoms with van der Waals surface area (Å²) in [5.74, 6) is -0.433. The maximum atomic E-state index is 13.3. The van der Waals surface area contributed by atoms with E-state index in [2.05, 4.69) is 5.32 Å². The number of benzene rings is 2. The number of carbonyl (C=O) groups is 1. The summed E-state index contributed by atoms with van der Waals surface area (Å²) in [4.78, 5) is 11.7. The van der Waals surface area contributed by atoms with Gasteiger partial charge in [0.1, 0.15) is 17.1 Å². The van der Waals surface area contributed by atoms with Crippen molar-refractivity contribution in [1.29, 1.82) is 0 Å². The number of amides is 1. The summed E-state index contributed by atoms with van der Waals surface area (Å²) in [6.45, 7) is 1.93. The van der Waals surface area contributed by atoms with Gasteiger partial charge in [0, 0.05) is 17.1 Å². The lowest BCUT2D eigenvalue weighted by molar-refractivity contribution is -0.138. The number of carbonyl (C=O) groups excluding carboxylic acids is 1. The molecular formula is C18H17ClF3NO2. The van der Waals surface area contributed by atoms with Crippen molar-refractivity contribution < 1.29 is 22.7 Å². The third kappa shape index (κ3) is 5.67. The molecular weight excluding hydrogens is 355 g/mol. The Bertz CT molecular complexity index is 730. The molecule has 0 aromatic heterocycles. The summed E-state index contributed by atoms with van der Waals surface area (Å²) in [6, 6.07) is 9.43. The Labute approximate surface area is 148 Å². The van der Waals surface area contributed by atoms with Crippen molar-refractivity contribution in [2.24, 2.45) is 0 Å². The number of nitrogens with one attached hydrogen (secondary N) is 1. The molecule has 0 radical (unpaired) electrons. The van der Waals surface area contributed by atoms with Crippen LogP contribution in [0.5, 0.6) is 11.5 Å². The minimum atomic E-state index is -4.62. The number of alkyl halides is 3. The van der Waals surface area contributed by atoms with Crippen molar-refractivity contribution in [2.75, 3.05) is 5.32 Å². The van der Waals surface area contributed by atoms with Gasteiger partial charge in [-0.2, -0.15) is 13.2 Å². The van der Waals surface area contributed by atoms with Crippen LogP contribution in [0.1, 0.15) is 31.7 Å². The number of anilines is 1. The van der Waals surface area contributed by atoms with E-state index in [9.17, 15) is 18.0 Å². The highest BCUT2D eigenvalue weighted by molar-refractivity contribution is 6.30. The van der Waals surface area contributed by atoms with E-state index in [0.717, 1.165) is 12.5 Å². The van der Waals surface area contributed by atoms with Gasteiger partial charge in [0.2, 0.25) is 5.91 Å². The fourth-order valence-electron chi connectivity index (χ4n) is 2.11. The first-order valence-corrected chi connectivity index (χ1v) is 8.12. The van der Waals surface area contributed by atoms with E-state index in [-0.39, 0.29) is 29.5 Å². The van der Waals surface area contributed by atoms with Gasteiger partial charge in [0.25, 0.3) is 0 Å². The Balaban J connectivity index is 2.25. The molecule has 0 saturated heterocycles. The molecule has 25 heavy (non-hydrogen) atoms. The van der Waals surface area contributed by atoms with Crippen molar-refractivity contribution in [3.63, 3.8) is 0 Å². The first kappa shape index (κ1) is 19.1. The average molecular weight is 372 g/mol. The minimum Gasteiger partial charge on any atom is -0.457 e. The van der Waals surface area contributed by atoms with E-state index >= 15 is 0 Å². The third-order valence-electron chi connectivity index (χ3n) is 3.37. The van der Waals surface area contributed by atoms with Crippen molar-refractivity contribution in [3.05, 3.63) is 53.1 Å². The van der Waals surface area contributed by atoms with Crippen LogP contribution in [0.15, 0.2) is 42.5 Å². The summed E-state index contributed by atoms with van der Waals surface area (Å²) in [5.41, 5.74) is -0.882. The Morgan fingerprint density at radius 3 is 2.44 bits per heavy atom. The zero-order valence-electron chi connectivity index (χ0n) is 13.5. The summed E-state index contributed by atoms with van der Waals surface area (Å²) in [5, 5.41) is 2.93. The smallest absolute Gasteiger partial charge is 0.420 e. The maximum absolute atomic E-state index is 13.3. The van der Waals surface area contributed by atoms with Gasteiger partial charge in [0.15, 0.2) is 0 Å². The highest BCUT2D eigenvalue weighted by atomic mass is 35.5. The van der Waals surface area contributed by atoms with Crippen LogP contribution in [0, 0.1) is 0 Å². The molecule has 7 heteroatoms. The number of rotatable bonds is 6. The zero-order chi connectivity index (χ0) is 18.4. The number of unbranched alkanes of at least 4 members (excludes halogenated alkanes) is 1. The molecule has 0 aliphatic heterocycles. The lowest BCUT2D eigenvalue weighted by atomic mass is 10.1. The molecule has 0 aliphatic carbocycles. The van der Waals surface area contributed by atoms with Gasteiger partial charge >= 0.3 is 6.18 Å². The lowest BCUT2D eigenvalue weighted by Crippen LogP contribution is -2.13. The summed E-state index contributed by atoms with van der Waals surface area (Å²) in [6.07, 6.45) is -2.85. The second-order valence-electron chi connectivity index (χ2n) is 5.42. The number of hydrogen-bond donors (Lipinski definition) is 1. The van der Waals surface area contributed by atoms with E-state index in [1.807, 2.05) is 6.92 Å². The highest BCUT2D eigenvalue weighted by Crippen LogP contribution is 2.39. The van der Waals surface area contributed by atoms with E-state index in [1.54, 1.807) is 0 Å². The van der Waals surface area contributed by atoms with Crippen molar-refractivity contribution in [1.82, 2.24) is 0 Å². The van der Waals surface area contributed by atoms with E-state index in [1.165, 1.54) is 36.4 Å². The Kier molecular flexibility index (Phi) is 6.31. The standard InChI is InChI=1S/C18H17ClF3NO2/c1-2-3-4-17(24)23-13-7-10-16(15(11-13)18(20,21)22)25-14-8-5-12(19)6-9-14/h5-11H,2-4H2,1H3,(H,23,24). The summed E-state index contributed by atoms with van der Waals surface area (Å²) < 4.78 is 45.3. The van der Waals surface area contributed by atoms with Gasteiger partial charge in [-0.1, -0.05) is 24.9 Å². The largest absolute Gasteiger partial charge is 0.457 e. The zero-order valence-corrected chi connectivity index (χ0v) is 14.2. The molecule has 0 saturated carbocycles. The van der Waals surface area contributed by atoms with Crippen LogP contribution in [0.25, 0.3) is 0 Å². The molecule has 0 aliphatic rings.